The molecule has 5 heteroatoms. The van der Waals surface area contributed by atoms with Crippen LogP contribution in [0.25, 0.3) is 0 Å². The number of hydrogen-bond acceptors (Lipinski definition) is 4. The van der Waals surface area contributed by atoms with Crippen LogP contribution in [0.2, 0.25) is 0 Å². The van der Waals surface area contributed by atoms with Gasteiger partial charge in [-0.2, -0.15) is 0 Å². The van der Waals surface area contributed by atoms with Gasteiger partial charge in [0.2, 0.25) is 5.91 Å². The zero-order valence-electron chi connectivity index (χ0n) is 13.4. The van der Waals surface area contributed by atoms with Crippen LogP contribution in [-0.2, 0) is 16.8 Å². The summed E-state index contributed by atoms with van der Waals surface area (Å²) in [5.41, 5.74) is 0.705. The Labute approximate surface area is 144 Å². The molecule has 0 aliphatic carbocycles. The molecule has 0 aliphatic rings. The van der Waals surface area contributed by atoms with Gasteiger partial charge in [-0.25, -0.2) is 0 Å². The molecule has 0 fully saturated rings. The van der Waals surface area contributed by atoms with Crippen LogP contribution >= 0.6 is 11.3 Å². The standard InChI is InChI=1S/C19H19NO3S/c1-14-5-2-6-15(11-14)12-18(21)20-13-19(22,16-7-3-9-23-16)17-8-4-10-24-17/h2-11,22H,12-13H2,1H3,(H,20,21). The fraction of sp³-hybridized carbons (Fsp3) is 0.211. The predicted octanol–water partition coefficient (Wildman–Crippen LogP) is 3.24. The van der Waals surface area contributed by atoms with E-state index in [1.807, 2.05) is 48.7 Å². The number of furan rings is 1. The van der Waals surface area contributed by atoms with Gasteiger partial charge in [0.1, 0.15) is 5.76 Å². The molecule has 0 spiro atoms. The number of hydrogen-bond donors (Lipinski definition) is 2. The molecule has 2 aromatic heterocycles. The average Bonchev–Trinajstić information content (AvgIpc) is 3.26. The quantitative estimate of drug-likeness (QED) is 0.723. The summed E-state index contributed by atoms with van der Waals surface area (Å²) < 4.78 is 5.39. The number of carbonyl (C=O) groups is 1. The molecule has 1 atom stereocenters. The van der Waals surface area contributed by atoms with Crippen molar-refractivity contribution in [3.63, 3.8) is 0 Å². The van der Waals surface area contributed by atoms with Crippen LogP contribution in [0.15, 0.2) is 64.6 Å². The van der Waals surface area contributed by atoms with E-state index < -0.39 is 5.60 Å². The Kier molecular flexibility index (Phi) is 4.83. The zero-order chi connectivity index (χ0) is 17.0. The number of thiophene rings is 1. The van der Waals surface area contributed by atoms with E-state index in [1.165, 1.54) is 17.6 Å². The van der Waals surface area contributed by atoms with Gasteiger partial charge in [0.05, 0.1) is 19.2 Å². The summed E-state index contributed by atoms with van der Waals surface area (Å²) in [6.07, 6.45) is 1.79. The van der Waals surface area contributed by atoms with Crippen molar-refractivity contribution in [1.82, 2.24) is 5.32 Å². The van der Waals surface area contributed by atoms with E-state index in [9.17, 15) is 9.90 Å². The summed E-state index contributed by atoms with van der Waals surface area (Å²) in [6.45, 7) is 2.06. The highest BCUT2D eigenvalue weighted by atomic mass is 32.1. The molecule has 0 saturated heterocycles. The van der Waals surface area contributed by atoms with Gasteiger partial charge >= 0.3 is 0 Å². The average molecular weight is 341 g/mol. The molecule has 0 saturated carbocycles. The number of rotatable bonds is 6. The second kappa shape index (κ2) is 7.03. The number of aryl methyl sites for hydroxylation is 1. The van der Waals surface area contributed by atoms with Gasteiger partial charge in [-0.3, -0.25) is 4.79 Å². The van der Waals surface area contributed by atoms with Gasteiger partial charge in [0.15, 0.2) is 5.60 Å². The van der Waals surface area contributed by atoms with Crippen molar-refractivity contribution in [3.8, 4) is 0 Å². The lowest BCUT2D eigenvalue weighted by Crippen LogP contribution is -2.41. The van der Waals surface area contributed by atoms with Crippen LogP contribution in [0, 0.1) is 6.92 Å². The van der Waals surface area contributed by atoms with Crippen LogP contribution in [0.3, 0.4) is 0 Å². The second-order valence-electron chi connectivity index (χ2n) is 5.76. The third kappa shape index (κ3) is 3.58. The highest BCUT2D eigenvalue weighted by molar-refractivity contribution is 7.10. The first-order valence-electron chi connectivity index (χ1n) is 7.70. The highest BCUT2D eigenvalue weighted by Gasteiger charge is 2.36. The normalized spacial score (nSPS) is 13.4. The monoisotopic (exact) mass is 341 g/mol. The Morgan fingerprint density at radius 1 is 1.25 bits per heavy atom. The molecular weight excluding hydrogens is 322 g/mol. The third-order valence-corrected chi connectivity index (χ3v) is 4.87. The Bertz CT molecular complexity index is 760. The molecular formula is C19H19NO3S. The maximum Gasteiger partial charge on any atom is 0.224 e. The molecule has 3 aromatic rings. The lowest BCUT2D eigenvalue weighted by atomic mass is 9.98. The van der Waals surface area contributed by atoms with Crippen LogP contribution in [-0.4, -0.2) is 17.6 Å². The number of nitrogens with one attached hydrogen (secondary N) is 1. The lowest BCUT2D eigenvalue weighted by Gasteiger charge is -2.25. The van der Waals surface area contributed by atoms with Gasteiger partial charge in [-0.15, -0.1) is 11.3 Å². The van der Waals surface area contributed by atoms with E-state index in [1.54, 1.807) is 12.1 Å². The van der Waals surface area contributed by atoms with Gasteiger partial charge in [0, 0.05) is 4.88 Å². The molecule has 2 heterocycles. The third-order valence-electron chi connectivity index (χ3n) is 3.85. The summed E-state index contributed by atoms with van der Waals surface area (Å²) in [5.74, 6) is 0.281. The highest BCUT2D eigenvalue weighted by Crippen LogP contribution is 2.32. The van der Waals surface area contributed by atoms with Gasteiger partial charge in [0.25, 0.3) is 0 Å². The summed E-state index contributed by atoms with van der Waals surface area (Å²) in [4.78, 5) is 13.0. The lowest BCUT2D eigenvalue weighted by molar-refractivity contribution is -0.121. The molecule has 0 bridgehead atoms. The molecule has 124 valence electrons. The first kappa shape index (κ1) is 16.5. The van der Waals surface area contributed by atoms with E-state index in [0.717, 1.165) is 16.0 Å². The molecule has 1 aromatic carbocycles. The van der Waals surface area contributed by atoms with Crippen molar-refractivity contribution in [1.29, 1.82) is 0 Å². The van der Waals surface area contributed by atoms with Crippen molar-refractivity contribution in [2.24, 2.45) is 0 Å². The number of carbonyl (C=O) groups excluding carboxylic acids is 1. The van der Waals surface area contributed by atoms with Gasteiger partial charge in [-0.05, 0) is 36.1 Å². The number of aliphatic hydroxyl groups is 1. The van der Waals surface area contributed by atoms with Crippen molar-refractivity contribution < 1.29 is 14.3 Å². The van der Waals surface area contributed by atoms with Crippen LogP contribution < -0.4 is 5.32 Å². The van der Waals surface area contributed by atoms with Crippen molar-refractivity contribution in [2.75, 3.05) is 6.54 Å². The van der Waals surface area contributed by atoms with Crippen molar-refractivity contribution >= 4 is 17.2 Å². The van der Waals surface area contributed by atoms with E-state index in [4.69, 9.17) is 4.42 Å². The molecule has 2 N–H and O–H groups in total. The maximum atomic E-state index is 12.3. The second-order valence-corrected chi connectivity index (χ2v) is 6.71. The zero-order valence-corrected chi connectivity index (χ0v) is 14.2. The van der Waals surface area contributed by atoms with Gasteiger partial charge in [-0.1, -0.05) is 35.9 Å². The van der Waals surface area contributed by atoms with Crippen molar-refractivity contribution in [2.45, 2.75) is 18.9 Å². The first-order valence-corrected chi connectivity index (χ1v) is 8.58. The molecule has 1 amide bonds. The smallest absolute Gasteiger partial charge is 0.224 e. The first-order chi connectivity index (χ1) is 11.6. The van der Waals surface area contributed by atoms with Crippen LogP contribution in [0.5, 0.6) is 0 Å². The SMILES string of the molecule is Cc1cccc(CC(=O)NCC(O)(c2ccco2)c2cccs2)c1. The topological polar surface area (TPSA) is 62.5 Å². The van der Waals surface area contributed by atoms with Crippen molar-refractivity contribution in [3.05, 3.63) is 81.9 Å². The summed E-state index contributed by atoms with van der Waals surface area (Å²) in [6, 6.07) is 15.0. The Morgan fingerprint density at radius 3 is 2.79 bits per heavy atom. The molecule has 4 nitrogen and oxygen atoms in total. The number of benzene rings is 1. The Morgan fingerprint density at radius 2 is 2.12 bits per heavy atom. The van der Waals surface area contributed by atoms with Crippen LogP contribution in [0.4, 0.5) is 0 Å². The molecule has 0 aliphatic heterocycles. The molecule has 0 radical (unpaired) electrons. The predicted molar refractivity (Wildman–Crippen MR) is 93.9 cm³/mol. The summed E-state index contributed by atoms with van der Waals surface area (Å²) in [5, 5.41) is 15.8. The minimum atomic E-state index is -1.36. The minimum Gasteiger partial charge on any atom is -0.466 e. The van der Waals surface area contributed by atoms with E-state index >= 15 is 0 Å². The minimum absolute atomic E-state index is 0.0612. The Hall–Kier alpha value is -2.37. The molecule has 1 unspecified atom stereocenters. The fourth-order valence-corrected chi connectivity index (χ4v) is 3.45. The van der Waals surface area contributed by atoms with Crippen LogP contribution in [0.1, 0.15) is 21.8 Å². The van der Waals surface area contributed by atoms with Gasteiger partial charge < -0.3 is 14.8 Å². The van der Waals surface area contributed by atoms with E-state index in [0.29, 0.717) is 5.76 Å². The summed E-state index contributed by atoms with van der Waals surface area (Å²) >= 11 is 1.42. The number of amides is 1. The fourth-order valence-electron chi connectivity index (χ4n) is 2.62. The van der Waals surface area contributed by atoms with E-state index in [2.05, 4.69) is 5.32 Å². The molecule has 24 heavy (non-hydrogen) atoms. The maximum absolute atomic E-state index is 12.3. The molecule has 3 rings (SSSR count). The summed E-state index contributed by atoms with van der Waals surface area (Å²) in [7, 11) is 0. The Balaban J connectivity index is 1.71. The van der Waals surface area contributed by atoms with E-state index in [-0.39, 0.29) is 18.9 Å². The largest absolute Gasteiger partial charge is 0.466 e.